The maximum absolute atomic E-state index is 12.8. The topological polar surface area (TPSA) is 57.4 Å². The molecule has 2 heterocycles. The van der Waals surface area contributed by atoms with E-state index in [-0.39, 0.29) is 5.91 Å². The molecular weight excluding hydrogens is 422 g/mol. The van der Waals surface area contributed by atoms with Crippen molar-refractivity contribution in [2.75, 3.05) is 31.6 Å². The molecule has 5 rings (SSSR count). The van der Waals surface area contributed by atoms with Gasteiger partial charge in [0.2, 0.25) is 0 Å². The number of benzene rings is 3. The predicted octanol–water partition coefficient (Wildman–Crippen LogP) is 6.05. The second-order valence-corrected chi connectivity index (χ2v) is 8.49. The molecule has 4 aromatic rings. The summed E-state index contributed by atoms with van der Waals surface area (Å²) in [5, 5.41) is 4.08. The molecule has 0 bridgehead atoms. The second kappa shape index (κ2) is 9.57. The summed E-state index contributed by atoms with van der Waals surface area (Å²) < 4.78 is 5.97. The predicted molar refractivity (Wildman–Crippen MR) is 140 cm³/mol. The van der Waals surface area contributed by atoms with E-state index in [0.29, 0.717) is 12.2 Å². The Labute approximate surface area is 200 Å². The molecule has 0 unspecified atom stereocenters. The molecular formula is C29H29N3O2. The number of anilines is 1. The van der Waals surface area contributed by atoms with Gasteiger partial charge in [0.05, 0.1) is 5.57 Å². The number of likely N-dealkylation sites (N-methyl/N-ethyl adjacent to an activating group) is 1. The molecule has 0 atom stereocenters. The van der Waals surface area contributed by atoms with Gasteiger partial charge in [0.1, 0.15) is 12.4 Å². The molecule has 5 heteroatoms. The van der Waals surface area contributed by atoms with Crippen LogP contribution in [-0.2, 0) is 4.79 Å². The van der Waals surface area contributed by atoms with E-state index in [4.69, 9.17) is 4.74 Å². The Morgan fingerprint density at radius 1 is 0.912 bits per heavy atom. The number of nitrogens with one attached hydrogen (secondary N) is 2. The van der Waals surface area contributed by atoms with E-state index in [0.717, 1.165) is 64.4 Å². The number of nitrogens with zero attached hydrogens (tertiary/aromatic N) is 1. The quantitative estimate of drug-likeness (QED) is 0.321. The molecule has 0 saturated carbocycles. The van der Waals surface area contributed by atoms with Gasteiger partial charge >= 0.3 is 0 Å². The second-order valence-electron chi connectivity index (χ2n) is 8.49. The molecule has 2 N–H and O–H groups in total. The molecule has 3 aromatic carbocycles. The number of fused-ring (bicyclic) bond motifs is 2. The highest BCUT2D eigenvalue weighted by Gasteiger charge is 2.24. The van der Waals surface area contributed by atoms with E-state index in [2.05, 4.69) is 53.3 Å². The monoisotopic (exact) mass is 451 g/mol. The smallest absolute Gasteiger partial charge is 0.256 e. The number of H-pyrrole nitrogens is 1. The van der Waals surface area contributed by atoms with Crippen LogP contribution in [0.2, 0.25) is 0 Å². The molecule has 1 aliphatic heterocycles. The fourth-order valence-corrected chi connectivity index (χ4v) is 4.44. The van der Waals surface area contributed by atoms with E-state index in [1.54, 1.807) is 0 Å². The molecule has 5 nitrogen and oxygen atoms in total. The molecule has 0 saturated heterocycles. The number of rotatable bonds is 8. The molecule has 34 heavy (non-hydrogen) atoms. The fourth-order valence-electron chi connectivity index (χ4n) is 4.44. The number of carbonyl (C=O) groups excluding carboxylic acids is 1. The summed E-state index contributed by atoms with van der Waals surface area (Å²) in [5.74, 6) is 0.773. The Balaban J connectivity index is 1.37. The number of ether oxygens (including phenoxy) is 1. The highest BCUT2D eigenvalue weighted by molar-refractivity contribution is 6.35. The average molecular weight is 452 g/mol. The van der Waals surface area contributed by atoms with Gasteiger partial charge in [0, 0.05) is 34.4 Å². The van der Waals surface area contributed by atoms with Crippen LogP contribution in [0.5, 0.6) is 5.75 Å². The first-order valence-corrected chi connectivity index (χ1v) is 11.9. The number of hydrogen-bond donors (Lipinski definition) is 2. The lowest BCUT2D eigenvalue weighted by molar-refractivity contribution is -0.110. The number of amides is 1. The van der Waals surface area contributed by atoms with Crippen LogP contribution in [0.25, 0.3) is 33.7 Å². The third-order valence-corrected chi connectivity index (χ3v) is 6.39. The van der Waals surface area contributed by atoms with Gasteiger partial charge in [0.15, 0.2) is 0 Å². The number of hydrogen-bond acceptors (Lipinski definition) is 3. The first kappa shape index (κ1) is 22.0. The minimum absolute atomic E-state index is 0.0840. The lowest BCUT2D eigenvalue weighted by Crippen LogP contribution is -2.27. The Morgan fingerprint density at radius 3 is 2.53 bits per heavy atom. The third-order valence-electron chi connectivity index (χ3n) is 6.39. The van der Waals surface area contributed by atoms with Crippen molar-refractivity contribution in [3.63, 3.8) is 0 Å². The van der Waals surface area contributed by atoms with Gasteiger partial charge in [-0.05, 0) is 60.6 Å². The van der Waals surface area contributed by atoms with Crippen LogP contribution in [0.4, 0.5) is 5.69 Å². The zero-order valence-corrected chi connectivity index (χ0v) is 19.6. The lowest BCUT2D eigenvalue weighted by atomic mass is 10.00. The van der Waals surface area contributed by atoms with Crippen molar-refractivity contribution >= 4 is 34.1 Å². The zero-order valence-electron chi connectivity index (χ0n) is 19.6. The van der Waals surface area contributed by atoms with Crippen molar-refractivity contribution in [3.8, 4) is 16.9 Å². The Morgan fingerprint density at radius 2 is 1.74 bits per heavy atom. The largest absolute Gasteiger partial charge is 0.492 e. The Kier molecular flexibility index (Phi) is 6.19. The van der Waals surface area contributed by atoms with Gasteiger partial charge < -0.3 is 19.9 Å². The summed E-state index contributed by atoms with van der Waals surface area (Å²) >= 11 is 0. The molecule has 1 aromatic heterocycles. The van der Waals surface area contributed by atoms with Crippen molar-refractivity contribution in [3.05, 3.63) is 84.1 Å². The van der Waals surface area contributed by atoms with E-state index in [1.165, 1.54) is 0 Å². The summed E-state index contributed by atoms with van der Waals surface area (Å²) in [6.45, 7) is 7.96. The van der Waals surface area contributed by atoms with Gasteiger partial charge in [-0.2, -0.15) is 0 Å². The summed E-state index contributed by atoms with van der Waals surface area (Å²) in [6, 6.07) is 24.4. The standard InChI is InChI=1S/C29H29N3O2/c1-3-32(4-2)14-15-34-24-11-13-27-22(17-24)16-23(30-27)19-26-25-12-10-21(18-28(25)31-29(26)33)20-8-6-5-7-9-20/h5-13,16-19,30H,3-4,14-15H2,1-2H3,(H,31,33). The highest BCUT2D eigenvalue weighted by Crippen LogP contribution is 2.36. The molecule has 1 aliphatic rings. The van der Waals surface area contributed by atoms with Crippen LogP contribution in [0.15, 0.2) is 72.8 Å². The fraction of sp³-hybridized carbons (Fsp3) is 0.207. The maximum Gasteiger partial charge on any atom is 0.256 e. The molecule has 1 amide bonds. The van der Waals surface area contributed by atoms with E-state index in [1.807, 2.05) is 54.6 Å². The first-order chi connectivity index (χ1) is 16.6. The van der Waals surface area contributed by atoms with Gasteiger partial charge in [-0.25, -0.2) is 0 Å². The van der Waals surface area contributed by atoms with Crippen LogP contribution in [-0.4, -0.2) is 42.0 Å². The van der Waals surface area contributed by atoms with Crippen molar-refractivity contribution in [2.45, 2.75) is 13.8 Å². The number of carbonyl (C=O) groups is 1. The molecule has 0 fully saturated rings. The number of aromatic nitrogens is 1. The number of aromatic amines is 1. The van der Waals surface area contributed by atoms with Gasteiger partial charge in [-0.1, -0.05) is 56.3 Å². The molecule has 0 radical (unpaired) electrons. The lowest BCUT2D eigenvalue weighted by Gasteiger charge is -2.17. The van der Waals surface area contributed by atoms with E-state index < -0.39 is 0 Å². The van der Waals surface area contributed by atoms with E-state index in [9.17, 15) is 4.79 Å². The Bertz CT molecular complexity index is 1350. The Hall–Kier alpha value is -3.83. The van der Waals surface area contributed by atoms with Gasteiger partial charge in [0.25, 0.3) is 5.91 Å². The van der Waals surface area contributed by atoms with Crippen LogP contribution in [0, 0.1) is 0 Å². The summed E-state index contributed by atoms with van der Waals surface area (Å²) in [6.07, 6.45) is 1.92. The van der Waals surface area contributed by atoms with Crippen molar-refractivity contribution in [2.24, 2.45) is 0 Å². The average Bonchev–Trinajstić information content (AvgIpc) is 3.41. The van der Waals surface area contributed by atoms with Crippen LogP contribution >= 0.6 is 0 Å². The van der Waals surface area contributed by atoms with Crippen LogP contribution in [0.3, 0.4) is 0 Å². The van der Waals surface area contributed by atoms with Crippen molar-refractivity contribution in [1.29, 1.82) is 0 Å². The SMILES string of the molecule is CCN(CC)CCOc1ccc2[nH]c(C=C3C(=O)Nc4cc(-c5ccccc5)ccc43)cc2c1. The third kappa shape index (κ3) is 4.47. The molecule has 0 spiro atoms. The summed E-state index contributed by atoms with van der Waals surface area (Å²) in [4.78, 5) is 18.5. The minimum atomic E-state index is -0.0840. The normalized spacial score (nSPS) is 14.1. The minimum Gasteiger partial charge on any atom is -0.492 e. The van der Waals surface area contributed by atoms with Crippen LogP contribution in [0.1, 0.15) is 25.1 Å². The van der Waals surface area contributed by atoms with Gasteiger partial charge in [-0.15, -0.1) is 0 Å². The van der Waals surface area contributed by atoms with Crippen molar-refractivity contribution in [1.82, 2.24) is 9.88 Å². The molecule has 0 aliphatic carbocycles. The maximum atomic E-state index is 12.8. The molecule has 172 valence electrons. The van der Waals surface area contributed by atoms with Crippen LogP contribution < -0.4 is 10.1 Å². The van der Waals surface area contributed by atoms with Gasteiger partial charge in [-0.3, -0.25) is 4.79 Å². The van der Waals surface area contributed by atoms with E-state index >= 15 is 0 Å². The first-order valence-electron chi connectivity index (χ1n) is 11.9. The zero-order chi connectivity index (χ0) is 23.5. The summed E-state index contributed by atoms with van der Waals surface area (Å²) in [7, 11) is 0. The van der Waals surface area contributed by atoms with Crippen molar-refractivity contribution < 1.29 is 9.53 Å². The highest BCUT2D eigenvalue weighted by atomic mass is 16.5. The summed E-state index contributed by atoms with van der Waals surface area (Å²) in [5.41, 5.74) is 6.54.